The Morgan fingerprint density at radius 1 is 0.720 bits per heavy atom. The van der Waals surface area contributed by atoms with E-state index in [1.165, 1.54) is 27.8 Å². The number of rotatable bonds is 3. The first-order valence-corrected chi connectivity index (χ1v) is 9.07. The number of quaternary nitrogens is 1. The molecule has 0 N–H and O–H groups in total. The molecule has 0 spiro atoms. The summed E-state index contributed by atoms with van der Waals surface area (Å²) >= 11 is 6.11. The van der Waals surface area contributed by atoms with Gasteiger partial charge < -0.3 is 4.48 Å². The Labute approximate surface area is 155 Å². The minimum absolute atomic E-state index is 0.110. The quantitative estimate of drug-likeness (QED) is 0.547. The lowest BCUT2D eigenvalue weighted by Gasteiger charge is -2.45. The van der Waals surface area contributed by atoms with E-state index >= 15 is 0 Å². The molecule has 0 heterocycles. The van der Waals surface area contributed by atoms with Crippen LogP contribution in [0.3, 0.4) is 0 Å². The van der Waals surface area contributed by atoms with E-state index in [1.54, 1.807) is 0 Å². The molecule has 1 aliphatic rings. The van der Waals surface area contributed by atoms with Gasteiger partial charge in [-0.25, -0.2) is 0 Å². The maximum atomic E-state index is 6.11. The van der Waals surface area contributed by atoms with Gasteiger partial charge in [0.25, 0.3) is 0 Å². The van der Waals surface area contributed by atoms with Gasteiger partial charge in [-0.1, -0.05) is 72.3 Å². The predicted molar refractivity (Wildman–Crippen MR) is 106 cm³/mol. The molecule has 0 fully saturated rings. The molecule has 2 heteroatoms. The normalized spacial score (nSPS) is 14.9. The molecule has 0 atom stereocenters. The zero-order chi connectivity index (χ0) is 17.7. The van der Waals surface area contributed by atoms with E-state index in [-0.39, 0.29) is 5.54 Å². The molecular formula is C23H23ClN+. The van der Waals surface area contributed by atoms with E-state index in [4.69, 9.17) is 11.6 Å². The van der Waals surface area contributed by atoms with Gasteiger partial charge in [0.1, 0.15) is 0 Å². The summed E-state index contributed by atoms with van der Waals surface area (Å²) in [6.07, 6.45) is 0.946. The van der Waals surface area contributed by atoms with Crippen LogP contribution in [-0.2, 0) is 12.0 Å². The summed E-state index contributed by atoms with van der Waals surface area (Å²) in [6, 6.07) is 26.0. The number of halogens is 1. The van der Waals surface area contributed by atoms with Crippen LogP contribution >= 0.6 is 11.6 Å². The average molecular weight is 349 g/mol. The molecule has 0 bridgehead atoms. The van der Waals surface area contributed by atoms with Crippen molar-refractivity contribution in [1.29, 1.82) is 0 Å². The second-order valence-corrected chi connectivity index (χ2v) is 8.20. The highest BCUT2D eigenvalue weighted by Gasteiger charge is 2.52. The molecule has 0 saturated heterocycles. The first-order valence-electron chi connectivity index (χ1n) is 8.69. The van der Waals surface area contributed by atoms with Crippen molar-refractivity contribution in [1.82, 2.24) is 0 Å². The van der Waals surface area contributed by atoms with Crippen LogP contribution in [0, 0.1) is 0 Å². The Bertz CT molecular complexity index is 874. The molecule has 3 aromatic rings. The summed E-state index contributed by atoms with van der Waals surface area (Å²) in [5, 5.41) is 0.787. The summed E-state index contributed by atoms with van der Waals surface area (Å²) in [4.78, 5) is 0. The maximum absolute atomic E-state index is 6.11. The van der Waals surface area contributed by atoms with E-state index in [1.807, 2.05) is 12.1 Å². The smallest absolute Gasteiger partial charge is 0.155 e. The predicted octanol–water partition coefficient (Wildman–Crippen LogP) is 5.51. The number of likely N-dealkylation sites (N-methyl/N-ethyl adjacent to an activating group) is 1. The fraction of sp³-hybridized carbons (Fsp3) is 0.217. The van der Waals surface area contributed by atoms with Crippen molar-refractivity contribution in [3.63, 3.8) is 0 Å². The Kier molecular flexibility index (Phi) is 3.75. The van der Waals surface area contributed by atoms with Crippen molar-refractivity contribution in [3.8, 4) is 11.1 Å². The van der Waals surface area contributed by atoms with Crippen molar-refractivity contribution >= 4 is 11.6 Å². The molecule has 0 unspecified atom stereocenters. The van der Waals surface area contributed by atoms with Gasteiger partial charge in [0.05, 0.1) is 21.1 Å². The molecule has 0 saturated carbocycles. The lowest BCUT2D eigenvalue weighted by Crippen LogP contribution is -2.55. The van der Waals surface area contributed by atoms with Gasteiger partial charge in [-0.2, -0.15) is 0 Å². The van der Waals surface area contributed by atoms with E-state index in [2.05, 4.69) is 81.8 Å². The van der Waals surface area contributed by atoms with Gasteiger partial charge in [0.2, 0.25) is 0 Å². The van der Waals surface area contributed by atoms with Crippen LogP contribution in [-0.4, -0.2) is 25.6 Å². The highest BCUT2D eigenvalue weighted by Crippen LogP contribution is 2.53. The second kappa shape index (κ2) is 5.72. The van der Waals surface area contributed by atoms with Crippen molar-refractivity contribution in [3.05, 3.63) is 94.5 Å². The van der Waals surface area contributed by atoms with Crippen molar-refractivity contribution in [2.75, 3.05) is 21.1 Å². The second-order valence-electron chi connectivity index (χ2n) is 7.77. The fourth-order valence-electron chi connectivity index (χ4n) is 4.35. The first-order chi connectivity index (χ1) is 11.9. The third-order valence-electron chi connectivity index (χ3n) is 5.55. The topological polar surface area (TPSA) is 0 Å². The van der Waals surface area contributed by atoms with Gasteiger partial charge in [0.15, 0.2) is 5.54 Å². The van der Waals surface area contributed by atoms with E-state index in [0.717, 1.165) is 15.9 Å². The van der Waals surface area contributed by atoms with Crippen molar-refractivity contribution < 1.29 is 4.48 Å². The summed E-state index contributed by atoms with van der Waals surface area (Å²) in [6.45, 7) is 0. The molecule has 0 aliphatic heterocycles. The van der Waals surface area contributed by atoms with E-state index in [0.29, 0.717) is 0 Å². The SMILES string of the molecule is C[N+](C)(C)C1(Cc2ccc(Cl)cc2)c2ccccc2-c2ccccc21. The molecule has 126 valence electrons. The van der Waals surface area contributed by atoms with Gasteiger partial charge in [-0.05, 0) is 28.8 Å². The number of nitrogens with zero attached hydrogens (tertiary/aromatic N) is 1. The highest BCUT2D eigenvalue weighted by molar-refractivity contribution is 6.30. The zero-order valence-electron chi connectivity index (χ0n) is 15.0. The lowest BCUT2D eigenvalue weighted by molar-refractivity contribution is -0.924. The van der Waals surface area contributed by atoms with Gasteiger partial charge in [0, 0.05) is 22.6 Å². The highest BCUT2D eigenvalue weighted by atomic mass is 35.5. The molecule has 1 nitrogen and oxygen atoms in total. The zero-order valence-corrected chi connectivity index (χ0v) is 15.7. The Balaban J connectivity index is 2.00. The van der Waals surface area contributed by atoms with Crippen molar-refractivity contribution in [2.24, 2.45) is 0 Å². The van der Waals surface area contributed by atoms with Gasteiger partial charge in [-0.15, -0.1) is 0 Å². The molecule has 25 heavy (non-hydrogen) atoms. The molecule has 0 amide bonds. The van der Waals surface area contributed by atoms with Crippen LogP contribution < -0.4 is 0 Å². The minimum Gasteiger partial charge on any atom is -0.318 e. The Morgan fingerprint density at radius 2 is 1.20 bits per heavy atom. The molecule has 0 aromatic heterocycles. The van der Waals surface area contributed by atoms with E-state index in [9.17, 15) is 0 Å². The average Bonchev–Trinajstić information content (AvgIpc) is 2.89. The third kappa shape index (κ3) is 2.42. The van der Waals surface area contributed by atoms with Crippen LogP contribution in [0.2, 0.25) is 5.02 Å². The number of hydrogen-bond acceptors (Lipinski definition) is 0. The number of hydrogen-bond donors (Lipinski definition) is 0. The van der Waals surface area contributed by atoms with Crippen LogP contribution in [0.1, 0.15) is 16.7 Å². The van der Waals surface area contributed by atoms with Crippen LogP contribution in [0.5, 0.6) is 0 Å². The Hall–Kier alpha value is -2.09. The van der Waals surface area contributed by atoms with Gasteiger partial charge in [-0.3, -0.25) is 0 Å². The summed E-state index contributed by atoms with van der Waals surface area (Å²) in [7, 11) is 6.90. The molecule has 0 radical (unpaired) electrons. The standard InChI is InChI=1S/C23H23ClN/c1-25(2,3)23(16-17-12-14-18(24)15-13-17)21-10-6-4-8-19(21)20-9-5-7-11-22(20)23/h4-15H,16H2,1-3H3/q+1. The monoisotopic (exact) mass is 348 g/mol. The van der Waals surface area contributed by atoms with Crippen LogP contribution in [0.25, 0.3) is 11.1 Å². The summed E-state index contributed by atoms with van der Waals surface area (Å²) in [5.74, 6) is 0. The fourth-order valence-corrected chi connectivity index (χ4v) is 4.48. The van der Waals surface area contributed by atoms with Crippen molar-refractivity contribution in [2.45, 2.75) is 12.0 Å². The van der Waals surface area contributed by atoms with Crippen LogP contribution in [0.15, 0.2) is 72.8 Å². The summed E-state index contributed by atoms with van der Waals surface area (Å²) < 4.78 is 0.837. The number of fused-ring (bicyclic) bond motifs is 3. The molecule has 3 aromatic carbocycles. The number of benzene rings is 3. The largest absolute Gasteiger partial charge is 0.318 e. The van der Waals surface area contributed by atoms with Crippen LogP contribution in [0.4, 0.5) is 0 Å². The van der Waals surface area contributed by atoms with Gasteiger partial charge >= 0.3 is 0 Å². The molecular weight excluding hydrogens is 326 g/mol. The minimum atomic E-state index is -0.110. The molecule has 1 aliphatic carbocycles. The lowest BCUT2D eigenvalue weighted by atomic mass is 9.79. The Morgan fingerprint density at radius 3 is 1.68 bits per heavy atom. The molecule has 4 rings (SSSR count). The summed E-state index contributed by atoms with van der Waals surface area (Å²) in [5.41, 5.74) is 6.75. The maximum Gasteiger partial charge on any atom is 0.155 e. The third-order valence-corrected chi connectivity index (χ3v) is 5.81. The first kappa shape index (κ1) is 16.4. The van der Waals surface area contributed by atoms with E-state index < -0.39 is 0 Å².